The van der Waals surface area contributed by atoms with Gasteiger partial charge in [0.15, 0.2) is 5.65 Å². The van der Waals surface area contributed by atoms with Crippen LogP contribution in [0.15, 0.2) is 24.7 Å². The number of aromatic amines is 1. The molecule has 3 rings (SSSR count). The van der Waals surface area contributed by atoms with Crippen molar-refractivity contribution in [3.8, 4) is 0 Å². The van der Waals surface area contributed by atoms with Crippen LogP contribution in [0.2, 0.25) is 0 Å². The Labute approximate surface area is 121 Å². The molecule has 108 valence electrons. The Morgan fingerprint density at radius 3 is 3.05 bits per heavy atom. The topological polar surface area (TPSA) is 88.0 Å². The molecule has 0 spiro atoms. The fraction of sp³-hybridized carbons (Fsp3) is 0.286. The summed E-state index contributed by atoms with van der Waals surface area (Å²) in [5, 5.41) is 7.08. The van der Waals surface area contributed by atoms with Crippen molar-refractivity contribution < 1.29 is 4.79 Å². The van der Waals surface area contributed by atoms with Crippen LogP contribution in [0.5, 0.6) is 0 Å². The molecule has 0 atom stereocenters. The van der Waals surface area contributed by atoms with E-state index in [0.29, 0.717) is 24.2 Å². The van der Waals surface area contributed by atoms with Gasteiger partial charge in [-0.25, -0.2) is 14.5 Å². The largest absolute Gasteiger partial charge is 0.351 e. The molecule has 21 heavy (non-hydrogen) atoms. The van der Waals surface area contributed by atoms with Crippen molar-refractivity contribution in [2.45, 2.75) is 20.3 Å². The molecule has 0 radical (unpaired) electrons. The Morgan fingerprint density at radius 1 is 1.43 bits per heavy atom. The average Bonchev–Trinajstić information content (AvgIpc) is 3.07. The van der Waals surface area contributed by atoms with Gasteiger partial charge in [0.25, 0.3) is 5.91 Å². The summed E-state index contributed by atoms with van der Waals surface area (Å²) >= 11 is 0. The van der Waals surface area contributed by atoms with Crippen LogP contribution < -0.4 is 5.32 Å². The first kappa shape index (κ1) is 13.3. The summed E-state index contributed by atoms with van der Waals surface area (Å²) in [5.74, 6) is 0.675. The van der Waals surface area contributed by atoms with Gasteiger partial charge in [0.1, 0.15) is 11.4 Å². The second-order valence-corrected chi connectivity index (χ2v) is 4.87. The highest BCUT2D eigenvalue weighted by atomic mass is 16.1. The number of imidazole rings is 1. The fourth-order valence-electron chi connectivity index (χ4n) is 2.25. The van der Waals surface area contributed by atoms with Crippen LogP contribution in [-0.2, 0) is 6.42 Å². The van der Waals surface area contributed by atoms with Gasteiger partial charge in [-0.3, -0.25) is 4.79 Å². The van der Waals surface area contributed by atoms with Gasteiger partial charge < -0.3 is 10.3 Å². The number of rotatable bonds is 4. The van der Waals surface area contributed by atoms with Crippen molar-refractivity contribution in [1.29, 1.82) is 0 Å². The molecule has 3 aromatic rings. The molecule has 0 saturated heterocycles. The quantitative estimate of drug-likeness (QED) is 0.749. The monoisotopic (exact) mass is 284 g/mol. The van der Waals surface area contributed by atoms with Gasteiger partial charge in [0.2, 0.25) is 0 Å². The van der Waals surface area contributed by atoms with Crippen molar-refractivity contribution in [3.05, 3.63) is 47.4 Å². The lowest BCUT2D eigenvalue weighted by atomic mass is 10.3. The van der Waals surface area contributed by atoms with Crippen LogP contribution >= 0.6 is 0 Å². The zero-order valence-corrected chi connectivity index (χ0v) is 11.9. The number of nitrogens with zero attached hydrogens (tertiary/aromatic N) is 4. The van der Waals surface area contributed by atoms with Crippen LogP contribution in [0, 0.1) is 13.8 Å². The molecule has 0 aliphatic heterocycles. The Kier molecular flexibility index (Phi) is 3.39. The second kappa shape index (κ2) is 5.35. The van der Waals surface area contributed by atoms with E-state index in [1.807, 2.05) is 19.9 Å². The smallest absolute Gasteiger partial charge is 0.256 e. The molecule has 0 aromatic carbocycles. The number of nitrogens with one attached hydrogen (secondary N) is 2. The first-order valence-corrected chi connectivity index (χ1v) is 6.73. The number of hydrogen-bond acceptors (Lipinski definition) is 4. The maximum absolute atomic E-state index is 12.2. The molecule has 0 aliphatic rings. The molecule has 0 unspecified atom stereocenters. The van der Waals surface area contributed by atoms with Gasteiger partial charge in [0.05, 0.1) is 6.20 Å². The lowest BCUT2D eigenvalue weighted by Crippen LogP contribution is -2.26. The molecule has 7 nitrogen and oxygen atoms in total. The highest BCUT2D eigenvalue weighted by Crippen LogP contribution is 2.11. The number of aryl methyl sites for hydroxylation is 2. The maximum atomic E-state index is 12.2. The Morgan fingerprint density at radius 2 is 2.29 bits per heavy atom. The van der Waals surface area contributed by atoms with Crippen molar-refractivity contribution in [2.24, 2.45) is 0 Å². The predicted molar refractivity (Wildman–Crippen MR) is 77.1 cm³/mol. The SMILES string of the molecule is Cc1cc(C)n2ncc(C(=O)NCCc3ncc[nH]3)c2n1. The lowest BCUT2D eigenvalue weighted by Gasteiger charge is -2.04. The van der Waals surface area contributed by atoms with E-state index in [4.69, 9.17) is 0 Å². The number of aromatic nitrogens is 5. The van der Waals surface area contributed by atoms with E-state index in [2.05, 4.69) is 25.4 Å². The zero-order chi connectivity index (χ0) is 14.8. The van der Waals surface area contributed by atoms with Crippen molar-refractivity contribution in [3.63, 3.8) is 0 Å². The van der Waals surface area contributed by atoms with Crippen LogP contribution in [0.1, 0.15) is 27.6 Å². The minimum atomic E-state index is -0.172. The number of carbonyl (C=O) groups excluding carboxylic acids is 1. The molecule has 0 aliphatic carbocycles. The van der Waals surface area contributed by atoms with Crippen LogP contribution in [-0.4, -0.2) is 37.0 Å². The summed E-state index contributed by atoms with van der Waals surface area (Å²) < 4.78 is 1.68. The van der Waals surface area contributed by atoms with E-state index >= 15 is 0 Å². The highest BCUT2D eigenvalue weighted by molar-refractivity contribution is 5.99. The van der Waals surface area contributed by atoms with E-state index in [9.17, 15) is 4.79 Å². The molecule has 3 aromatic heterocycles. The highest BCUT2D eigenvalue weighted by Gasteiger charge is 2.15. The maximum Gasteiger partial charge on any atom is 0.256 e. The van der Waals surface area contributed by atoms with E-state index in [-0.39, 0.29) is 5.91 Å². The van der Waals surface area contributed by atoms with Crippen LogP contribution in [0.3, 0.4) is 0 Å². The van der Waals surface area contributed by atoms with E-state index in [0.717, 1.165) is 17.2 Å². The van der Waals surface area contributed by atoms with Crippen LogP contribution in [0.25, 0.3) is 5.65 Å². The normalized spacial score (nSPS) is 11.0. The minimum absolute atomic E-state index is 0.172. The molecule has 0 bridgehead atoms. The summed E-state index contributed by atoms with van der Waals surface area (Å²) in [6.45, 7) is 4.35. The van der Waals surface area contributed by atoms with Gasteiger partial charge in [0, 0.05) is 36.7 Å². The summed E-state index contributed by atoms with van der Waals surface area (Å²) in [6.07, 6.45) is 5.66. The third kappa shape index (κ3) is 2.62. The number of fused-ring (bicyclic) bond motifs is 1. The summed E-state index contributed by atoms with van der Waals surface area (Å²) in [6, 6.07) is 1.93. The van der Waals surface area contributed by atoms with Crippen molar-refractivity contribution >= 4 is 11.6 Å². The summed E-state index contributed by atoms with van der Waals surface area (Å²) in [4.78, 5) is 23.7. The zero-order valence-electron chi connectivity index (χ0n) is 11.9. The minimum Gasteiger partial charge on any atom is -0.351 e. The van der Waals surface area contributed by atoms with Gasteiger partial charge in [-0.2, -0.15) is 5.10 Å². The van der Waals surface area contributed by atoms with Gasteiger partial charge in [-0.05, 0) is 19.9 Å². The van der Waals surface area contributed by atoms with E-state index < -0.39 is 0 Å². The average molecular weight is 284 g/mol. The van der Waals surface area contributed by atoms with Gasteiger partial charge >= 0.3 is 0 Å². The molecule has 7 heteroatoms. The Balaban J connectivity index is 1.75. The fourth-order valence-corrected chi connectivity index (χ4v) is 2.25. The number of carbonyl (C=O) groups is 1. The standard InChI is InChI=1S/C14H16N6O/c1-9-7-10(2)20-13(19-9)11(8-18-20)14(21)17-4-3-12-15-5-6-16-12/h5-8H,3-4H2,1-2H3,(H,15,16)(H,17,21). The summed E-state index contributed by atoms with van der Waals surface area (Å²) in [7, 11) is 0. The molecular weight excluding hydrogens is 268 g/mol. The van der Waals surface area contributed by atoms with Crippen LogP contribution in [0.4, 0.5) is 0 Å². The van der Waals surface area contributed by atoms with E-state index in [1.165, 1.54) is 0 Å². The van der Waals surface area contributed by atoms with Crippen molar-refractivity contribution in [1.82, 2.24) is 29.9 Å². The van der Waals surface area contributed by atoms with Gasteiger partial charge in [-0.15, -0.1) is 0 Å². The lowest BCUT2D eigenvalue weighted by molar-refractivity contribution is 0.0955. The molecule has 3 heterocycles. The molecular formula is C14H16N6O. The molecule has 2 N–H and O–H groups in total. The number of amides is 1. The summed E-state index contributed by atoms with van der Waals surface area (Å²) in [5.41, 5.74) is 2.89. The molecule has 0 fully saturated rings. The second-order valence-electron chi connectivity index (χ2n) is 4.87. The Bertz CT molecular complexity index is 774. The number of hydrogen-bond donors (Lipinski definition) is 2. The first-order chi connectivity index (χ1) is 10.1. The molecule has 0 saturated carbocycles. The number of H-pyrrole nitrogens is 1. The molecule has 1 amide bonds. The first-order valence-electron chi connectivity index (χ1n) is 6.73. The predicted octanol–water partition coefficient (Wildman–Crippen LogP) is 1.04. The Hall–Kier alpha value is -2.70. The third-order valence-corrected chi connectivity index (χ3v) is 3.22. The van der Waals surface area contributed by atoms with Gasteiger partial charge in [-0.1, -0.05) is 0 Å². The van der Waals surface area contributed by atoms with Crippen molar-refractivity contribution in [2.75, 3.05) is 6.54 Å². The van der Waals surface area contributed by atoms with E-state index in [1.54, 1.807) is 23.1 Å². The third-order valence-electron chi connectivity index (χ3n) is 3.22.